The van der Waals surface area contributed by atoms with E-state index in [0.29, 0.717) is 64.7 Å². The van der Waals surface area contributed by atoms with E-state index in [9.17, 15) is 33.6 Å². The van der Waals surface area contributed by atoms with Crippen LogP contribution in [0.4, 0.5) is 11.4 Å². The molecule has 0 saturated heterocycles. The summed E-state index contributed by atoms with van der Waals surface area (Å²) in [5.41, 5.74) is 20.1. The number of carbonyl (C=O) groups excluding carboxylic acids is 7. The highest BCUT2D eigenvalue weighted by molar-refractivity contribution is 6.13. The van der Waals surface area contributed by atoms with Crippen LogP contribution in [0.5, 0.6) is 11.5 Å². The van der Waals surface area contributed by atoms with E-state index in [2.05, 4.69) is 44.7 Å². The SMILES string of the molecule is C=Cc1cc(C(=O)Nc2ccc(C(=N)N)cc2)c(-c2ccc(C(=O)NCC3CC3/C=C/c3cc(C(=O)Nc4ccc(C(=N)N)cc4)c(-c4ccc(C(=O)NCC5CC5)nc4C(=O)OCCCCCCCCCCCCCCCCCC)cc3OC)nc2C(=O)OCOC(=O)[C@@H](N)C(C)C)cc1OC. The van der Waals surface area contributed by atoms with Gasteiger partial charge in [-0.2, -0.15) is 0 Å². The van der Waals surface area contributed by atoms with Crippen molar-refractivity contribution in [3.05, 3.63) is 166 Å². The third-order valence-electron chi connectivity index (χ3n) is 18.5. The molecule has 4 amide bonds. The fourth-order valence-electron chi connectivity index (χ4n) is 11.8. The van der Waals surface area contributed by atoms with Gasteiger partial charge < -0.3 is 62.2 Å². The molecule has 2 heterocycles. The van der Waals surface area contributed by atoms with Gasteiger partial charge in [-0.3, -0.25) is 34.8 Å². The Morgan fingerprint density at radius 1 is 0.563 bits per heavy atom. The maximum atomic E-state index is 14.8. The van der Waals surface area contributed by atoms with Crippen LogP contribution >= 0.6 is 0 Å². The summed E-state index contributed by atoms with van der Waals surface area (Å²) >= 11 is 0. The fraction of sp³-hybridized carbons (Fsp3) is 0.412. The molecule has 0 aliphatic heterocycles. The lowest BCUT2D eigenvalue weighted by Gasteiger charge is -2.18. The molecule has 4 aromatic carbocycles. The molecule has 2 saturated carbocycles. The molecule has 2 fully saturated rings. The highest BCUT2D eigenvalue weighted by Crippen LogP contribution is 2.42. The minimum Gasteiger partial charge on any atom is -0.496 e. The van der Waals surface area contributed by atoms with Crippen molar-refractivity contribution < 1.29 is 57.2 Å². The smallest absolute Gasteiger partial charge is 0.360 e. The largest absolute Gasteiger partial charge is 0.496 e. The number of amidine groups is 2. The van der Waals surface area contributed by atoms with Crippen LogP contribution in [0.1, 0.15) is 228 Å². The summed E-state index contributed by atoms with van der Waals surface area (Å²) in [5, 5.41) is 27.3. The first kappa shape index (κ1) is 78.2. The number of ether oxygens (including phenoxy) is 5. The second kappa shape index (κ2) is 39.0. The summed E-state index contributed by atoms with van der Waals surface area (Å²) in [4.78, 5) is 107. The van der Waals surface area contributed by atoms with Crippen LogP contribution in [0.2, 0.25) is 0 Å². The van der Waals surface area contributed by atoms with Crippen LogP contribution in [0.25, 0.3) is 34.4 Å². The summed E-state index contributed by atoms with van der Waals surface area (Å²) in [6, 6.07) is 24.0. The number of pyridine rings is 2. The number of allylic oxidation sites excluding steroid dienone is 1. The first-order valence-electron chi connectivity index (χ1n) is 35.8. The van der Waals surface area contributed by atoms with E-state index in [0.717, 1.165) is 32.1 Å². The van der Waals surface area contributed by atoms with E-state index < -0.39 is 60.1 Å². The summed E-state index contributed by atoms with van der Waals surface area (Å²) in [7, 11) is 2.90. The predicted molar refractivity (Wildman–Crippen MR) is 400 cm³/mol. The molecule has 0 radical (unpaired) electrons. The number of methoxy groups -OCH3 is 2. The zero-order chi connectivity index (χ0) is 74.0. The summed E-state index contributed by atoms with van der Waals surface area (Å²) < 4.78 is 28.2. The number of nitrogens with two attached hydrogens (primary N) is 3. The van der Waals surface area contributed by atoms with E-state index in [4.69, 9.17) is 51.7 Å². The molecule has 6 aromatic rings. The van der Waals surface area contributed by atoms with Gasteiger partial charge in [0.05, 0.1) is 20.8 Å². The molecule has 8 rings (SSSR count). The Bertz CT molecular complexity index is 4040. The molecule has 546 valence electrons. The number of amides is 4. The Labute approximate surface area is 603 Å². The third kappa shape index (κ3) is 23.0. The monoisotopic (exact) mass is 1410 g/mol. The van der Waals surface area contributed by atoms with Crippen molar-refractivity contribution in [1.82, 2.24) is 20.6 Å². The second-order valence-electron chi connectivity index (χ2n) is 26.7. The van der Waals surface area contributed by atoms with Crippen molar-refractivity contribution in [2.75, 3.05) is 51.3 Å². The molecule has 23 heteroatoms. The maximum absolute atomic E-state index is 14.8. The lowest BCUT2D eigenvalue weighted by molar-refractivity contribution is -0.154. The number of rotatable bonds is 42. The normalized spacial score (nSPS) is 14.0. The van der Waals surface area contributed by atoms with Crippen molar-refractivity contribution in [2.24, 2.45) is 40.9 Å². The molecule has 2 aliphatic carbocycles. The standard InChI is InChI=1S/C80H99N11O12/c1-7-9-10-11-12-13-14-15-16-17-18-19-20-21-22-23-40-101-79(97)70-59(36-38-65(90-70)76(94)86-46-50-24-25-50)62-45-68(100-6)55(43-64(62)75(93)89-58-34-30-53(31-35-58)73(84)85)27-26-54-41-56(54)47-87-77(95)66-39-37-60(71(91-66)80(98)103-48-102-78(96)69(81)49(3)4)61-44-67(99-5)51(8-2)42-63(61)74(92)88-57-32-28-52(29-33-57)72(82)83/h8,26-39,42-45,49-50,54,56,69H,2,7,9-25,40-41,46-48,81H2,1,3-6H3,(H3,82,83)(H3,84,85)(H,86,94)(H,87,95)(H,88,92)(H,89,93)/b27-26+/t54?,56?,69-/m0/s1. The average molecular weight is 1410 g/mol. The molecule has 2 aromatic heterocycles. The third-order valence-corrected chi connectivity index (χ3v) is 18.5. The number of anilines is 2. The van der Waals surface area contributed by atoms with Gasteiger partial charge in [0.15, 0.2) is 11.4 Å². The lowest BCUT2D eigenvalue weighted by atomic mass is 9.94. The topological polar surface area (TPSA) is 365 Å². The predicted octanol–water partition coefficient (Wildman–Crippen LogP) is 13.8. The lowest BCUT2D eigenvalue weighted by Crippen LogP contribution is -2.37. The number of hydrogen-bond donors (Lipinski definition) is 9. The quantitative estimate of drug-likeness (QED) is 0.00565. The second-order valence-corrected chi connectivity index (χ2v) is 26.7. The van der Waals surface area contributed by atoms with Gasteiger partial charge in [0.25, 0.3) is 23.6 Å². The molecular formula is C80H99N11O12. The summed E-state index contributed by atoms with van der Waals surface area (Å²) in [6.45, 7) is 9.51. The minimum atomic E-state index is -1.11. The number of unbranched alkanes of at least 4 members (excludes halogenated alkanes) is 15. The number of carbonyl (C=O) groups is 7. The van der Waals surface area contributed by atoms with Crippen molar-refractivity contribution in [3.63, 3.8) is 0 Å². The Morgan fingerprint density at radius 3 is 1.46 bits per heavy atom. The van der Waals surface area contributed by atoms with Gasteiger partial charge in [-0.25, -0.2) is 19.6 Å². The van der Waals surface area contributed by atoms with Crippen LogP contribution in [-0.4, -0.2) is 110 Å². The number of nitrogen functional groups attached to an aromatic ring is 2. The number of aromatic nitrogens is 2. The van der Waals surface area contributed by atoms with E-state index >= 15 is 0 Å². The molecule has 3 atom stereocenters. The number of nitrogens with one attached hydrogen (secondary N) is 6. The Hall–Kier alpha value is -10.5. The average Bonchev–Trinajstić information content (AvgIpc) is 1.09. The molecular weight excluding hydrogens is 1310 g/mol. The molecule has 0 spiro atoms. The Kier molecular flexibility index (Phi) is 29.6. The summed E-state index contributed by atoms with van der Waals surface area (Å²) in [6.07, 6.45) is 27.1. The van der Waals surface area contributed by atoms with E-state index in [1.165, 1.54) is 128 Å². The summed E-state index contributed by atoms with van der Waals surface area (Å²) in [5.74, 6) is -4.69. The van der Waals surface area contributed by atoms with Crippen LogP contribution in [0.3, 0.4) is 0 Å². The molecule has 2 unspecified atom stereocenters. The number of benzene rings is 4. The number of esters is 3. The van der Waals surface area contributed by atoms with E-state index in [1.807, 2.05) is 12.2 Å². The van der Waals surface area contributed by atoms with Crippen LogP contribution in [-0.2, 0) is 19.0 Å². The highest BCUT2D eigenvalue weighted by atomic mass is 16.7. The van der Waals surface area contributed by atoms with Gasteiger partial charge in [-0.15, -0.1) is 0 Å². The zero-order valence-electron chi connectivity index (χ0n) is 59.9. The molecule has 103 heavy (non-hydrogen) atoms. The van der Waals surface area contributed by atoms with Gasteiger partial charge in [0, 0.05) is 80.1 Å². The first-order valence-corrected chi connectivity index (χ1v) is 35.8. The van der Waals surface area contributed by atoms with Gasteiger partial charge >= 0.3 is 17.9 Å². The number of nitrogens with zero attached hydrogens (tertiary/aromatic N) is 2. The molecule has 23 nitrogen and oxygen atoms in total. The highest BCUT2D eigenvalue weighted by Gasteiger charge is 2.36. The Balaban J connectivity index is 1.01. The van der Waals surface area contributed by atoms with Gasteiger partial charge in [0.2, 0.25) is 6.79 Å². The van der Waals surface area contributed by atoms with Crippen molar-refractivity contribution in [1.29, 1.82) is 10.8 Å². The molecule has 2 aliphatic rings. The van der Waals surface area contributed by atoms with E-state index in [-0.39, 0.29) is 98.8 Å². The Morgan fingerprint density at radius 2 is 1.01 bits per heavy atom. The van der Waals surface area contributed by atoms with Crippen LogP contribution in [0, 0.1) is 34.5 Å². The van der Waals surface area contributed by atoms with Gasteiger partial charge in [0.1, 0.15) is 40.6 Å². The minimum absolute atomic E-state index is 0.0151. The molecule has 12 N–H and O–H groups in total. The van der Waals surface area contributed by atoms with Crippen LogP contribution in [0.15, 0.2) is 110 Å². The van der Waals surface area contributed by atoms with Crippen molar-refractivity contribution in [3.8, 4) is 33.8 Å². The van der Waals surface area contributed by atoms with Gasteiger partial charge in [-0.1, -0.05) is 142 Å². The molecule has 0 bridgehead atoms. The fourth-order valence-corrected chi connectivity index (χ4v) is 11.8. The van der Waals surface area contributed by atoms with Crippen LogP contribution < -0.4 is 47.9 Å². The maximum Gasteiger partial charge on any atom is 0.360 e. The van der Waals surface area contributed by atoms with Gasteiger partial charge in [-0.05, 0) is 146 Å². The first-order chi connectivity index (χ1) is 49.7. The van der Waals surface area contributed by atoms with Crippen molar-refractivity contribution in [2.45, 2.75) is 149 Å². The van der Waals surface area contributed by atoms with E-state index in [1.54, 1.807) is 80.6 Å². The zero-order valence-corrected chi connectivity index (χ0v) is 59.9. The van der Waals surface area contributed by atoms with Crippen molar-refractivity contribution >= 4 is 76.7 Å². The number of hydrogen-bond acceptors (Lipinski definition) is 17.